The number of aromatic nitrogens is 5. The molecular weight excluding hydrogens is 362 g/mol. The third kappa shape index (κ3) is 2.70. The summed E-state index contributed by atoms with van der Waals surface area (Å²) in [6, 6.07) is 2.10. The molecule has 0 radical (unpaired) electrons. The number of rotatable bonds is 3. The lowest BCUT2D eigenvalue weighted by Crippen LogP contribution is -2.53. The number of pyridine rings is 1. The first-order valence-electron chi connectivity index (χ1n) is 10.9. The lowest BCUT2D eigenvalue weighted by molar-refractivity contribution is 0.0265. The van der Waals surface area contributed by atoms with Crippen molar-refractivity contribution >= 4 is 16.7 Å². The Morgan fingerprint density at radius 2 is 1.97 bits per heavy atom. The summed E-state index contributed by atoms with van der Waals surface area (Å²) in [5, 5.41) is 13.3. The number of anilines is 1. The van der Waals surface area contributed by atoms with E-state index in [0.29, 0.717) is 5.41 Å². The van der Waals surface area contributed by atoms with Crippen LogP contribution in [0.5, 0.6) is 0 Å². The van der Waals surface area contributed by atoms with Crippen LogP contribution in [0.4, 0.5) is 5.69 Å². The van der Waals surface area contributed by atoms with Crippen molar-refractivity contribution in [1.82, 2.24) is 25.0 Å². The summed E-state index contributed by atoms with van der Waals surface area (Å²) in [5.74, 6) is 0. The fourth-order valence-electron chi connectivity index (χ4n) is 5.88. The summed E-state index contributed by atoms with van der Waals surface area (Å²) in [4.78, 5) is 6.83. The fraction of sp³-hybridized carbons (Fsp3) is 0.591. The summed E-state index contributed by atoms with van der Waals surface area (Å²) in [5.41, 5.74) is 13.1. The molecule has 2 bridgehead atoms. The summed E-state index contributed by atoms with van der Waals surface area (Å²) >= 11 is 0. The predicted octanol–water partition coefficient (Wildman–Crippen LogP) is 3.08. The smallest absolute Gasteiger partial charge is 0.157 e. The molecule has 3 aromatic rings. The molecule has 3 aromatic heterocycles. The van der Waals surface area contributed by atoms with Gasteiger partial charge in [0.15, 0.2) is 5.65 Å². The zero-order valence-corrected chi connectivity index (χ0v) is 17.1. The highest BCUT2D eigenvalue weighted by Gasteiger charge is 2.47. The monoisotopic (exact) mass is 391 g/mol. The Kier molecular flexibility index (Phi) is 3.64. The number of aromatic amines is 1. The van der Waals surface area contributed by atoms with Gasteiger partial charge < -0.3 is 10.6 Å². The van der Waals surface area contributed by atoms with Gasteiger partial charge in [0.25, 0.3) is 0 Å². The van der Waals surface area contributed by atoms with Gasteiger partial charge in [0.05, 0.1) is 23.0 Å². The van der Waals surface area contributed by atoms with Crippen molar-refractivity contribution in [3.05, 3.63) is 35.4 Å². The topological polar surface area (TPSA) is 88.7 Å². The van der Waals surface area contributed by atoms with Crippen LogP contribution in [0.25, 0.3) is 11.0 Å². The van der Waals surface area contributed by atoms with Crippen molar-refractivity contribution in [1.29, 1.82) is 0 Å². The van der Waals surface area contributed by atoms with Gasteiger partial charge >= 0.3 is 0 Å². The van der Waals surface area contributed by atoms with Gasteiger partial charge in [-0.2, -0.15) is 10.2 Å². The van der Waals surface area contributed by atoms with Gasteiger partial charge in [-0.15, -0.1) is 0 Å². The summed E-state index contributed by atoms with van der Waals surface area (Å²) in [7, 11) is 0. The second-order valence-corrected chi connectivity index (χ2v) is 9.66. The Hall–Kier alpha value is -2.41. The first-order valence-corrected chi connectivity index (χ1v) is 10.9. The number of nitrogens with one attached hydrogen (secondary N) is 1. The number of hydrogen-bond donors (Lipinski definition) is 2. The zero-order chi connectivity index (χ0) is 19.6. The standard InChI is InChI=1S/C22H29N7/c1-15-17-13-28(19-2-10-24-20-16(19)12-25-26-20)11-3-18(17)27-29(15)14-21-4-7-22(23,8-5-21)9-6-21/h2,10,12H,3-9,11,13-14,23H2,1H3,(H,24,25,26). The van der Waals surface area contributed by atoms with E-state index in [9.17, 15) is 0 Å². The van der Waals surface area contributed by atoms with Crippen LogP contribution >= 0.6 is 0 Å². The first-order chi connectivity index (χ1) is 14.0. The van der Waals surface area contributed by atoms with Crippen molar-refractivity contribution in [2.75, 3.05) is 11.4 Å². The SMILES string of the molecule is Cc1c2c(nn1CC13CCC(N)(CC1)CC3)CCN(c1ccnc3[nH]ncc13)C2. The summed E-state index contributed by atoms with van der Waals surface area (Å²) < 4.78 is 2.32. The maximum Gasteiger partial charge on any atom is 0.157 e. The first kappa shape index (κ1) is 17.4. The zero-order valence-electron chi connectivity index (χ0n) is 17.1. The van der Waals surface area contributed by atoms with Crippen molar-refractivity contribution in [3.8, 4) is 0 Å². The van der Waals surface area contributed by atoms with E-state index in [1.54, 1.807) is 0 Å². The van der Waals surface area contributed by atoms with Gasteiger partial charge in [-0.1, -0.05) is 0 Å². The van der Waals surface area contributed by atoms with Gasteiger partial charge in [-0.3, -0.25) is 9.78 Å². The van der Waals surface area contributed by atoms with Gasteiger partial charge in [0.2, 0.25) is 0 Å². The highest BCUT2D eigenvalue weighted by molar-refractivity contribution is 5.88. The summed E-state index contributed by atoms with van der Waals surface area (Å²) in [6.07, 6.45) is 12.1. The van der Waals surface area contributed by atoms with E-state index in [4.69, 9.17) is 10.8 Å². The molecule has 0 saturated heterocycles. The summed E-state index contributed by atoms with van der Waals surface area (Å²) in [6.45, 7) is 5.20. The average molecular weight is 392 g/mol. The van der Waals surface area contributed by atoms with Gasteiger partial charge in [0.1, 0.15) is 0 Å². The largest absolute Gasteiger partial charge is 0.366 e. The van der Waals surface area contributed by atoms with E-state index < -0.39 is 0 Å². The van der Waals surface area contributed by atoms with Crippen molar-refractivity contribution in [2.45, 2.75) is 70.5 Å². The molecule has 7 nitrogen and oxygen atoms in total. The molecule has 3 fully saturated rings. The molecular formula is C22H29N7. The van der Waals surface area contributed by atoms with E-state index in [1.165, 1.54) is 61.2 Å². The number of nitrogens with two attached hydrogens (primary N) is 1. The second-order valence-electron chi connectivity index (χ2n) is 9.66. The Bertz CT molecular complexity index is 1050. The molecule has 0 amide bonds. The number of fused-ring (bicyclic) bond motifs is 5. The van der Waals surface area contributed by atoms with E-state index in [2.05, 4.69) is 37.8 Å². The minimum atomic E-state index is 0.129. The molecule has 4 aliphatic rings. The quantitative estimate of drug-likeness (QED) is 0.716. The average Bonchev–Trinajstić information content (AvgIpc) is 3.34. The third-order valence-corrected chi connectivity index (χ3v) is 8.00. The Morgan fingerprint density at radius 3 is 2.76 bits per heavy atom. The van der Waals surface area contributed by atoms with Crippen LogP contribution < -0.4 is 10.6 Å². The lowest BCUT2D eigenvalue weighted by atomic mass is 9.57. The highest BCUT2D eigenvalue weighted by Crippen LogP contribution is 2.52. The van der Waals surface area contributed by atoms with Crippen molar-refractivity contribution in [2.24, 2.45) is 11.1 Å². The van der Waals surface area contributed by atoms with Crippen LogP contribution in [0, 0.1) is 12.3 Å². The van der Waals surface area contributed by atoms with Gasteiger partial charge in [-0.05, 0) is 56.9 Å². The minimum Gasteiger partial charge on any atom is -0.366 e. The fourth-order valence-corrected chi connectivity index (χ4v) is 5.88. The molecule has 152 valence electrons. The predicted molar refractivity (Wildman–Crippen MR) is 113 cm³/mol. The van der Waals surface area contributed by atoms with Gasteiger partial charge in [-0.25, -0.2) is 4.98 Å². The van der Waals surface area contributed by atoms with Crippen LogP contribution in [0.3, 0.4) is 0 Å². The van der Waals surface area contributed by atoms with Crippen LogP contribution in [-0.2, 0) is 19.5 Å². The van der Waals surface area contributed by atoms with E-state index in [-0.39, 0.29) is 5.54 Å². The highest BCUT2D eigenvalue weighted by atomic mass is 15.3. The Balaban J connectivity index is 1.28. The van der Waals surface area contributed by atoms with E-state index in [0.717, 1.165) is 37.1 Å². The van der Waals surface area contributed by atoms with E-state index in [1.807, 2.05) is 12.4 Å². The van der Waals surface area contributed by atoms with Crippen LogP contribution in [0.15, 0.2) is 18.5 Å². The number of hydrogen-bond acceptors (Lipinski definition) is 5. The van der Waals surface area contributed by atoms with Crippen LogP contribution in [0.2, 0.25) is 0 Å². The Morgan fingerprint density at radius 1 is 1.17 bits per heavy atom. The maximum atomic E-state index is 6.52. The van der Waals surface area contributed by atoms with Gasteiger partial charge in [0, 0.05) is 49.0 Å². The van der Waals surface area contributed by atoms with Crippen molar-refractivity contribution in [3.63, 3.8) is 0 Å². The molecule has 3 N–H and O–H groups in total. The molecule has 3 saturated carbocycles. The molecule has 0 atom stereocenters. The molecule has 4 heterocycles. The number of nitrogens with zero attached hydrogens (tertiary/aromatic N) is 5. The maximum absolute atomic E-state index is 6.52. The molecule has 1 aliphatic heterocycles. The molecule has 0 spiro atoms. The normalized spacial score (nSPS) is 28.8. The molecule has 7 rings (SSSR count). The minimum absolute atomic E-state index is 0.129. The molecule has 0 unspecified atom stereocenters. The molecule has 29 heavy (non-hydrogen) atoms. The number of H-pyrrole nitrogens is 1. The second kappa shape index (κ2) is 6.05. The third-order valence-electron chi connectivity index (χ3n) is 8.00. The Labute approximate surface area is 170 Å². The van der Waals surface area contributed by atoms with Crippen LogP contribution in [-0.4, -0.2) is 37.0 Å². The lowest BCUT2D eigenvalue weighted by Gasteiger charge is -2.52. The molecule has 7 heteroatoms. The molecule has 3 aliphatic carbocycles. The van der Waals surface area contributed by atoms with E-state index >= 15 is 0 Å². The molecule has 0 aromatic carbocycles. The van der Waals surface area contributed by atoms with Crippen molar-refractivity contribution < 1.29 is 0 Å². The van der Waals surface area contributed by atoms with Crippen LogP contribution in [0.1, 0.15) is 55.5 Å².